The van der Waals surface area contributed by atoms with Crippen molar-refractivity contribution in [2.45, 2.75) is 13.3 Å². The first-order valence-corrected chi connectivity index (χ1v) is 7.35. The van der Waals surface area contributed by atoms with E-state index in [0.29, 0.717) is 23.7 Å². The van der Waals surface area contributed by atoms with Crippen LogP contribution in [-0.4, -0.2) is 33.7 Å². The van der Waals surface area contributed by atoms with Gasteiger partial charge in [0, 0.05) is 40.6 Å². The largest absolute Gasteiger partial charge is 0.351 e. The highest BCUT2D eigenvalue weighted by Crippen LogP contribution is 2.10. The van der Waals surface area contributed by atoms with E-state index in [9.17, 15) is 9.00 Å². The first-order valence-electron chi connectivity index (χ1n) is 5.62. The lowest BCUT2D eigenvalue weighted by molar-refractivity contribution is 0.0956. The van der Waals surface area contributed by atoms with Gasteiger partial charge in [-0.2, -0.15) is 0 Å². The molecule has 0 aliphatic rings. The molecular weight excluding hydrogens is 252 g/mol. The normalized spacial score (nSPS) is 11.9. The second kappa shape index (κ2) is 7.07. The van der Waals surface area contributed by atoms with E-state index in [-0.39, 0.29) is 5.91 Å². The van der Waals surface area contributed by atoms with Gasteiger partial charge in [0.1, 0.15) is 5.82 Å². The molecule has 1 rings (SSSR count). The van der Waals surface area contributed by atoms with Gasteiger partial charge < -0.3 is 10.7 Å². The molecule has 1 atom stereocenters. The highest BCUT2D eigenvalue weighted by molar-refractivity contribution is 7.84. The molecule has 0 aliphatic heterocycles. The van der Waals surface area contributed by atoms with Crippen molar-refractivity contribution in [3.8, 4) is 0 Å². The molecule has 1 amide bonds. The molecule has 0 bridgehead atoms. The van der Waals surface area contributed by atoms with Crippen LogP contribution in [0.15, 0.2) is 12.1 Å². The Kier molecular flexibility index (Phi) is 5.73. The molecule has 0 radical (unpaired) electrons. The SMILES string of the molecule is CCc1cc(C(=O)NCCS(C)=O)cc(NN)n1. The van der Waals surface area contributed by atoms with Gasteiger partial charge in [-0.3, -0.25) is 9.00 Å². The number of nitrogens with one attached hydrogen (secondary N) is 2. The summed E-state index contributed by atoms with van der Waals surface area (Å²) in [7, 11) is -0.910. The second-order valence-corrected chi connectivity index (χ2v) is 5.32. The zero-order valence-corrected chi connectivity index (χ0v) is 11.3. The Morgan fingerprint density at radius 1 is 1.50 bits per heavy atom. The molecule has 0 saturated heterocycles. The third-order valence-electron chi connectivity index (χ3n) is 2.33. The fourth-order valence-electron chi connectivity index (χ4n) is 1.38. The summed E-state index contributed by atoms with van der Waals surface area (Å²) in [6.45, 7) is 2.33. The van der Waals surface area contributed by atoms with E-state index in [1.807, 2.05) is 6.92 Å². The first-order chi connectivity index (χ1) is 8.56. The standard InChI is InChI=1S/C11H18N4O2S/c1-3-9-6-8(7-10(14-9)15-12)11(16)13-4-5-18(2)17/h6-7H,3-5,12H2,1-2H3,(H,13,16)(H,14,15). The molecule has 0 aliphatic carbocycles. The zero-order chi connectivity index (χ0) is 13.5. The molecule has 7 heteroatoms. The van der Waals surface area contributed by atoms with Gasteiger partial charge in [0.15, 0.2) is 0 Å². The summed E-state index contributed by atoms with van der Waals surface area (Å²) in [4.78, 5) is 16.1. The molecule has 1 unspecified atom stereocenters. The summed E-state index contributed by atoms with van der Waals surface area (Å²) < 4.78 is 10.9. The molecule has 0 fully saturated rings. The Bertz CT molecular complexity index is 428. The number of rotatable bonds is 6. The van der Waals surface area contributed by atoms with Crippen LogP contribution in [0.2, 0.25) is 0 Å². The predicted octanol–water partition coefficient (Wildman–Crippen LogP) is 0.0379. The summed E-state index contributed by atoms with van der Waals surface area (Å²) in [5, 5.41) is 2.70. The van der Waals surface area contributed by atoms with Crippen LogP contribution in [-0.2, 0) is 17.2 Å². The Morgan fingerprint density at radius 2 is 2.22 bits per heavy atom. The van der Waals surface area contributed by atoms with Crippen LogP contribution >= 0.6 is 0 Å². The van der Waals surface area contributed by atoms with Crippen molar-refractivity contribution in [3.63, 3.8) is 0 Å². The lowest BCUT2D eigenvalue weighted by Crippen LogP contribution is -2.28. The van der Waals surface area contributed by atoms with Crippen LogP contribution in [0.1, 0.15) is 23.0 Å². The topological polar surface area (TPSA) is 97.1 Å². The van der Waals surface area contributed by atoms with Crippen molar-refractivity contribution in [2.24, 2.45) is 5.84 Å². The number of nitrogen functional groups attached to an aromatic ring is 1. The van der Waals surface area contributed by atoms with E-state index < -0.39 is 10.8 Å². The Labute approximate surface area is 109 Å². The van der Waals surface area contributed by atoms with Gasteiger partial charge in [-0.05, 0) is 18.6 Å². The summed E-state index contributed by atoms with van der Waals surface area (Å²) in [6, 6.07) is 3.30. The number of anilines is 1. The van der Waals surface area contributed by atoms with E-state index in [0.717, 1.165) is 12.1 Å². The minimum atomic E-state index is -0.910. The Hall–Kier alpha value is -1.47. The van der Waals surface area contributed by atoms with Crippen LogP contribution < -0.4 is 16.6 Å². The number of carbonyl (C=O) groups excluding carboxylic acids is 1. The van der Waals surface area contributed by atoms with E-state index in [1.54, 1.807) is 18.4 Å². The second-order valence-electron chi connectivity index (χ2n) is 3.76. The molecule has 6 nitrogen and oxygen atoms in total. The number of pyridine rings is 1. The molecule has 4 N–H and O–H groups in total. The van der Waals surface area contributed by atoms with Crippen molar-refractivity contribution < 1.29 is 9.00 Å². The van der Waals surface area contributed by atoms with Crippen LogP contribution in [0.4, 0.5) is 5.82 Å². The van der Waals surface area contributed by atoms with Gasteiger partial charge in [0.25, 0.3) is 5.91 Å². The smallest absolute Gasteiger partial charge is 0.251 e. The lowest BCUT2D eigenvalue weighted by atomic mass is 10.2. The van der Waals surface area contributed by atoms with Crippen molar-refractivity contribution in [1.82, 2.24) is 10.3 Å². The van der Waals surface area contributed by atoms with Gasteiger partial charge in [-0.15, -0.1) is 0 Å². The highest BCUT2D eigenvalue weighted by atomic mass is 32.2. The van der Waals surface area contributed by atoms with E-state index in [4.69, 9.17) is 5.84 Å². The minimum absolute atomic E-state index is 0.214. The number of hydrogen-bond donors (Lipinski definition) is 3. The molecule has 1 aromatic heterocycles. The van der Waals surface area contributed by atoms with E-state index >= 15 is 0 Å². The van der Waals surface area contributed by atoms with Crippen LogP contribution in [0, 0.1) is 0 Å². The van der Waals surface area contributed by atoms with E-state index in [2.05, 4.69) is 15.7 Å². The Balaban J connectivity index is 2.75. The van der Waals surface area contributed by atoms with Crippen molar-refractivity contribution >= 4 is 22.5 Å². The van der Waals surface area contributed by atoms with Crippen molar-refractivity contribution in [2.75, 3.05) is 24.0 Å². The fourth-order valence-corrected chi connectivity index (χ4v) is 1.77. The average Bonchev–Trinajstić information content (AvgIpc) is 2.37. The number of aromatic nitrogens is 1. The maximum atomic E-state index is 11.9. The van der Waals surface area contributed by atoms with Crippen molar-refractivity contribution in [1.29, 1.82) is 0 Å². The van der Waals surface area contributed by atoms with Crippen LogP contribution in [0.25, 0.3) is 0 Å². The van der Waals surface area contributed by atoms with Gasteiger partial charge in [-0.1, -0.05) is 6.92 Å². The van der Waals surface area contributed by atoms with Gasteiger partial charge >= 0.3 is 0 Å². The summed E-state index contributed by atoms with van der Waals surface area (Å²) in [5.74, 6) is 5.98. The number of nitrogens with zero attached hydrogens (tertiary/aromatic N) is 1. The number of hydrazine groups is 1. The monoisotopic (exact) mass is 270 g/mol. The van der Waals surface area contributed by atoms with Crippen molar-refractivity contribution in [3.05, 3.63) is 23.4 Å². The summed E-state index contributed by atoms with van der Waals surface area (Å²) in [5.41, 5.74) is 3.72. The maximum Gasteiger partial charge on any atom is 0.251 e. The van der Waals surface area contributed by atoms with Crippen LogP contribution in [0.3, 0.4) is 0 Å². The molecule has 0 aromatic carbocycles. The number of amides is 1. The van der Waals surface area contributed by atoms with Crippen LogP contribution in [0.5, 0.6) is 0 Å². The maximum absolute atomic E-state index is 11.9. The summed E-state index contributed by atoms with van der Waals surface area (Å²) in [6.07, 6.45) is 2.32. The number of carbonyl (C=O) groups is 1. The predicted molar refractivity (Wildman–Crippen MR) is 72.7 cm³/mol. The van der Waals surface area contributed by atoms with Gasteiger partial charge in [0.2, 0.25) is 0 Å². The molecule has 0 saturated carbocycles. The molecule has 0 spiro atoms. The lowest BCUT2D eigenvalue weighted by Gasteiger charge is -2.08. The third kappa shape index (κ3) is 4.42. The fraction of sp³-hybridized carbons (Fsp3) is 0.455. The number of nitrogens with two attached hydrogens (primary N) is 1. The molecular formula is C11H18N4O2S. The van der Waals surface area contributed by atoms with E-state index in [1.165, 1.54) is 0 Å². The molecule has 18 heavy (non-hydrogen) atoms. The number of hydrogen-bond acceptors (Lipinski definition) is 5. The zero-order valence-electron chi connectivity index (χ0n) is 10.5. The molecule has 100 valence electrons. The number of aryl methyl sites for hydroxylation is 1. The van der Waals surface area contributed by atoms with Gasteiger partial charge in [-0.25, -0.2) is 10.8 Å². The quantitative estimate of drug-likeness (QED) is 0.501. The highest BCUT2D eigenvalue weighted by Gasteiger charge is 2.08. The average molecular weight is 270 g/mol. The molecule has 1 heterocycles. The minimum Gasteiger partial charge on any atom is -0.351 e. The summed E-state index contributed by atoms with van der Waals surface area (Å²) >= 11 is 0. The van der Waals surface area contributed by atoms with Gasteiger partial charge in [0.05, 0.1) is 0 Å². The Morgan fingerprint density at radius 3 is 2.78 bits per heavy atom. The third-order valence-corrected chi connectivity index (χ3v) is 3.10. The first kappa shape index (κ1) is 14.6. The molecule has 1 aromatic rings.